The van der Waals surface area contributed by atoms with Crippen molar-refractivity contribution in [3.05, 3.63) is 18.5 Å². The molecule has 1 aromatic heterocycles. The van der Waals surface area contributed by atoms with Gasteiger partial charge in [0.15, 0.2) is 5.69 Å². The summed E-state index contributed by atoms with van der Waals surface area (Å²) in [5.41, 5.74) is 5.29. The van der Waals surface area contributed by atoms with E-state index < -0.39 is 5.97 Å². The van der Waals surface area contributed by atoms with Crippen molar-refractivity contribution in [2.75, 3.05) is 5.73 Å². The molecule has 0 aliphatic carbocycles. The van der Waals surface area contributed by atoms with Crippen molar-refractivity contribution in [1.82, 2.24) is 9.78 Å². The monoisotopic (exact) mass is 153 g/mol. The molecule has 0 bridgehead atoms. The number of hydrogen-bond acceptors (Lipinski definition) is 3. The summed E-state index contributed by atoms with van der Waals surface area (Å²) in [6.07, 6.45) is 2.75. The third kappa shape index (κ3) is 1.21. The molecule has 0 amide bonds. The SMILES string of the molecule is C=Cn1cc(N)c(C(=O)O)n1. The van der Waals surface area contributed by atoms with Crippen LogP contribution in [0.4, 0.5) is 5.69 Å². The van der Waals surface area contributed by atoms with E-state index in [1.54, 1.807) is 0 Å². The smallest absolute Gasteiger partial charge is 0.358 e. The van der Waals surface area contributed by atoms with E-state index in [0.29, 0.717) is 0 Å². The van der Waals surface area contributed by atoms with Crippen molar-refractivity contribution in [3.8, 4) is 0 Å². The molecular formula is C6H7N3O2. The van der Waals surface area contributed by atoms with Gasteiger partial charge < -0.3 is 10.8 Å². The van der Waals surface area contributed by atoms with Crippen molar-refractivity contribution in [2.45, 2.75) is 0 Å². The molecule has 0 radical (unpaired) electrons. The van der Waals surface area contributed by atoms with E-state index in [2.05, 4.69) is 11.7 Å². The molecule has 0 aliphatic rings. The second kappa shape index (κ2) is 2.45. The third-order valence-electron chi connectivity index (χ3n) is 1.15. The lowest BCUT2D eigenvalue weighted by Crippen LogP contribution is -2.01. The summed E-state index contributed by atoms with van der Waals surface area (Å²) < 4.78 is 1.25. The second-order valence-corrected chi connectivity index (χ2v) is 1.90. The van der Waals surface area contributed by atoms with Gasteiger partial charge in [-0.25, -0.2) is 9.48 Å². The highest BCUT2D eigenvalue weighted by atomic mass is 16.4. The van der Waals surface area contributed by atoms with Gasteiger partial charge >= 0.3 is 5.97 Å². The lowest BCUT2D eigenvalue weighted by Gasteiger charge is -1.85. The van der Waals surface area contributed by atoms with E-state index in [4.69, 9.17) is 10.8 Å². The number of aromatic carboxylic acids is 1. The number of carboxylic acid groups (broad SMARTS) is 1. The van der Waals surface area contributed by atoms with Gasteiger partial charge in [0.25, 0.3) is 0 Å². The van der Waals surface area contributed by atoms with Crippen LogP contribution in [0.2, 0.25) is 0 Å². The Morgan fingerprint density at radius 3 is 2.82 bits per heavy atom. The summed E-state index contributed by atoms with van der Waals surface area (Å²) in [5.74, 6) is -1.14. The Kier molecular flexibility index (Phi) is 1.63. The van der Waals surface area contributed by atoms with Crippen molar-refractivity contribution < 1.29 is 9.90 Å². The Balaban J connectivity index is 3.16. The first-order valence-electron chi connectivity index (χ1n) is 2.85. The molecule has 0 saturated heterocycles. The number of hydrogen-bond donors (Lipinski definition) is 2. The molecule has 1 aromatic rings. The first-order chi connectivity index (χ1) is 5.15. The maximum atomic E-state index is 10.4. The lowest BCUT2D eigenvalue weighted by atomic mass is 10.4. The predicted molar refractivity (Wildman–Crippen MR) is 40.0 cm³/mol. The highest BCUT2D eigenvalue weighted by molar-refractivity contribution is 5.91. The van der Waals surface area contributed by atoms with Crippen LogP contribution in [0.15, 0.2) is 12.8 Å². The first-order valence-corrected chi connectivity index (χ1v) is 2.85. The lowest BCUT2D eigenvalue weighted by molar-refractivity contribution is 0.0691. The molecule has 5 heteroatoms. The fraction of sp³-hybridized carbons (Fsp3) is 0. The molecule has 0 aromatic carbocycles. The quantitative estimate of drug-likeness (QED) is 0.638. The number of nitrogens with zero attached hydrogens (tertiary/aromatic N) is 2. The molecule has 0 spiro atoms. The van der Waals surface area contributed by atoms with E-state index in [1.807, 2.05) is 0 Å². The van der Waals surface area contributed by atoms with Crippen LogP contribution in [0.5, 0.6) is 0 Å². The van der Waals surface area contributed by atoms with E-state index in [9.17, 15) is 4.79 Å². The van der Waals surface area contributed by atoms with Crippen LogP contribution in [-0.2, 0) is 0 Å². The van der Waals surface area contributed by atoms with Gasteiger partial charge in [-0.15, -0.1) is 0 Å². The first kappa shape index (κ1) is 7.33. The van der Waals surface area contributed by atoms with Crippen molar-refractivity contribution in [2.24, 2.45) is 0 Å². The zero-order valence-corrected chi connectivity index (χ0v) is 5.69. The number of nitrogen functional groups attached to an aromatic ring is 1. The normalized spacial score (nSPS) is 9.45. The standard InChI is InChI=1S/C6H7N3O2/c1-2-9-3-4(7)5(8-9)6(10)11/h2-3H,1,7H2,(H,10,11). The molecule has 5 nitrogen and oxygen atoms in total. The molecule has 0 saturated carbocycles. The van der Waals surface area contributed by atoms with Gasteiger partial charge in [-0.3, -0.25) is 0 Å². The number of anilines is 1. The van der Waals surface area contributed by atoms with Crippen LogP contribution in [0.25, 0.3) is 6.20 Å². The molecule has 1 rings (SSSR count). The van der Waals surface area contributed by atoms with Crippen molar-refractivity contribution in [1.29, 1.82) is 0 Å². The van der Waals surface area contributed by atoms with Gasteiger partial charge in [0, 0.05) is 6.20 Å². The Bertz CT molecular complexity index is 303. The van der Waals surface area contributed by atoms with Gasteiger partial charge in [-0.05, 0) is 0 Å². The topological polar surface area (TPSA) is 81.1 Å². The number of aromatic nitrogens is 2. The Hall–Kier alpha value is -1.78. The van der Waals surface area contributed by atoms with E-state index in [1.165, 1.54) is 17.1 Å². The minimum Gasteiger partial charge on any atom is -0.476 e. The molecule has 3 N–H and O–H groups in total. The minimum atomic E-state index is -1.14. The Morgan fingerprint density at radius 1 is 1.91 bits per heavy atom. The van der Waals surface area contributed by atoms with Gasteiger partial charge in [0.05, 0.1) is 11.9 Å². The van der Waals surface area contributed by atoms with Gasteiger partial charge in [-0.2, -0.15) is 5.10 Å². The largest absolute Gasteiger partial charge is 0.476 e. The van der Waals surface area contributed by atoms with Crippen LogP contribution in [0.1, 0.15) is 10.5 Å². The van der Waals surface area contributed by atoms with Gasteiger partial charge in [0.2, 0.25) is 0 Å². The summed E-state index contributed by atoms with van der Waals surface area (Å²) in [6, 6.07) is 0. The maximum Gasteiger partial charge on any atom is 0.358 e. The van der Waals surface area contributed by atoms with E-state index in [-0.39, 0.29) is 11.4 Å². The highest BCUT2D eigenvalue weighted by Crippen LogP contribution is 2.07. The maximum absolute atomic E-state index is 10.4. The van der Waals surface area contributed by atoms with E-state index >= 15 is 0 Å². The molecule has 11 heavy (non-hydrogen) atoms. The Morgan fingerprint density at radius 2 is 2.55 bits per heavy atom. The van der Waals surface area contributed by atoms with Crippen molar-refractivity contribution in [3.63, 3.8) is 0 Å². The second-order valence-electron chi connectivity index (χ2n) is 1.90. The summed E-state index contributed by atoms with van der Waals surface area (Å²) in [6.45, 7) is 3.40. The Labute approximate surface area is 62.7 Å². The van der Waals surface area contributed by atoms with Crippen molar-refractivity contribution >= 4 is 17.9 Å². The summed E-state index contributed by atoms with van der Waals surface area (Å²) >= 11 is 0. The molecule has 0 unspecified atom stereocenters. The third-order valence-corrected chi connectivity index (χ3v) is 1.15. The average molecular weight is 153 g/mol. The fourth-order valence-corrected chi connectivity index (χ4v) is 0.665. The number of carboxylic acids is 1. The van der Waals surface area contributed by atoms with Crippen LogP contribution in [-0.4, -0.2) is 20.9 Å². The molecule has 1 heterocycles. The van der Waals surface area contributed by atoms with E-state index in [0.717, 1.165) is 0 Å². The molecule has 0 fully saturated rings. The number of carbonyl (C=O) groups is 1. The zero-order chi connectivity index (χ0) is 8.43. The molecular weight excluding hydrogens is 146 g/mol. The average Bonchev–Trinajstić information content (AvgIpc) is 2.30. The number of rotatable bonds is 2. The summed E-state index contributed by atoms with van der Waals surface area (Å²) in [7, 11) is 0. The molecule has 0 atom stereocenters. The molecule has 58 valence electrons. The fourth-order valence-electron chi connectivity index (χ4n) is 0.665. The summed E-state index contributed by atoms with van der Waals surface area (Å²) in [4.78, 5) is 10.4. The van der Waals surface area contributed by atoms with Gasteiger partial charge in [0.1, 0.15) is 0 Å². The van der Waals surface area contributed by atoms with Crippen LogP contribution in [0, 0.1) is 0 Å². The van der Waals surface area contributed by atoms with Crippen LogP contribution in [0.3, 0.4) is 0 Å². The molecule has 0 aliphatic heterocycles. The number of nitrogens with two attached hydrogens (primary N) is 1. The summed E-state index contributed by atoms with van der Waals surface area (Å²) in [5, 5.41) is 12.1. The predicted octanol–water partition coefficient (Wildman–Crippen LogP) is 0.264. The minimum absolute atomic E-state index is 0.136. The zero-order valence-electron chi connectivity index (χ0n) is 5.69. The van der Waals surface area contributed by atoms with Crippen LogP contribution < -0.4 is 5.73 Å². The van der Waals surface area contributed by atoms with Crippen LogP contribution >= 0.6 is 0 Å². The highest BCUT2D eigenvalue weighted by Gasteiger charge is 2.11. The van der Waals surface area contributed by atoms with Gasteiger partial charge in [-0.1, -0.05) is 6.58 Å².